The van der Waals surface area contributed by atoms with Crippen LogP contribution in [-0.4, -0.2) is 58.9 Å². The maximum absolute atomic E-state index is 12.4. The highest BCUT2D eigenvalue weighted by atomic mass is 16.6. The van der Waals surface area contributed by atoms with E-state index in [0.717, 1.165) is 55.8 Å². The Hall–Kier alpha value is -2.28. The van der Waals surface area contributed by atoms with Crippen molar-refractivity contribution in [2.45, 2.75) is 52.9 Å². The van der Waals surface area contributed by atoms with Crippen LogP contribution in [0.25, 0.3) is 11.0 Å². The lowest BCUT2D eigenvalue weighted by Crippen LogP contribution is -2.39. The van der Waals surface area contributed by atoms with Crippen molar-refractivity contribution in [3.63, 3.8) is 0 Å². The standard InChI is InChI=1S/C21H32N4O3/c1-5-13-27-16-25-15-22-18-14-17(7-8-19(18)25)23-9-6-10-24(12-11-23)20(26)28-21(2,3)4/h7-8,14-15H,5-6,9-13,16H2,1-4H3. The summed E-state index contributed by atoms with van der Waals surface area (Å²) in [5, 5.41) is 0. The first-order valence-corrected chi connectivity index (χ1v) is 10.1. The molecule has 28 heavy (non-hydrogen) atoms. The highest BCUT2D eigenvalue weighted by Crippen LogP contribution is 2.23. The first-order valence-electron chi connectivity index (χ1n) is 10.1. The lowest BCUT2D eigenvalue weighted by atomic mass is 10.2. The van der Waals surface area contributed by atoms with Gasteiger partial charge in [0.2, 0.25) is 0 Å². The second kappa shape index (κ2) is 8.82. The maximum atomic E-state index is 12.4. The van der Waals surface area contributed by atoms with Crippen LogP contribution in [-0.2, 0) is 16.2 Å². The molecule has 0 unspecified atom stereocenters. The summed E-state index contributed by atoms with van der Waals surface area (Å²) < 4.78 is 13.2. The van der Waals surface area contributed by atoms with E-state index in [2.05, 4.69) is 35.0 Å². The van der Waals surface area contributed by atoms with Gasteiger partial charge < -0.3 is 23.8 Å². The number of nitrogens with zero attached hydrogens (tertiary/aromatic N) is 4. The van der Waals surface area contributed by atoms with Crippen LogP contribution in [0.2, 0.25) is 0 Å². The van der Waals surface area contributed by atoms with Gasteiger partial charge in [-0.3, -0.25) is 0 Å². The Labute approximate surface area is 167 Å². The number of fused-ring (bicyclic) bond motifs is 1. The molecular formula is C21H32N4O3. The van der Waals surface area contributed by atoms with Crippen molar-refractivity contribution >= 4 is 22.8 Å². The van der Waals surface area contributed by atoms with Crippen molar-refractivity contribution in [3.8, 4) is 0 Å². The van der Waals surface area contributed by atoms with E-state index in [-0.39, 0.29) is 6.09 Å². The quantitative estimate of drug-likeness (QED) is 0.728. The van der Waals surface area contributed by atoms with Crippen molar-refractivity contribution in [3.05, 3.63) is 24.5 Å². The van der Waals surface area contributed by atoms with Gasteiger partial charge in [-0.2, -0.15) is 0 Å². The van der Waals surface area contributed by atoms with Crippen LogP contribution in [0.15, 0.2) is 24.5 Å². The molecule has 0 bridgehead atoms. The van der Waals surface area contributed by atoms with E-state index in [1.54, 1.807) is 0 Å². The lowest BCUT2D eigenvalue weighted by molar-refractivity contribution is 0.0263. The minimum Gasteiger partial charge on any atom is -0.444 e. The topological polar surface area (TPSA) is 59.8 Å². The molecule has 1 aromatic carbocycles. The molecule has 1 aliphatic rings. The van der Waals surface area contributed by atoms with Crippen LogP contribution in [0.4, 0.5) is 10.5 Å². The molecule has 3 rings (SSSR count). The lowest BCUT2D eigenvalue weighted by Gasteiger charge is -2.27. The largest absolute Gasteiger partial charge is 0.444 e. The van der Waals surface area contributed by atoms with Crippen molar-refractivity contribution < 1.29 is 14.3 Å². The van der Waals surface area contributed by atoms with Crippen molar-refractivity contribution in [1.29, 1.82) is 0 Å². The number of hydrogen-bond donors (Lipinski definition) is 0. The van der Waals surface area contributed by atoms with Gasteiger partial charge >= 0.3 is 6.09 Å². The fourth-order valence-corrected chi connectivity index (χ4v) is 3.34. The molecule has 2 aromatic rings. The zero-order valence-corrected chi connectivity index (χ0v) is 17.5. The number of aromatic nitrogens is 2. The third kappa shape index (κ3) is 5.16. The molecule has 0 radical (unpaired) electrons. The molecule has 2 heterocycles. The first-order chi connectivity index (χ1) is 13.4. The molecule has 0 atom stereocenters. The Morgan fingerprint density at radius 3 is 2.75 bits per heavy atom. The Balaban J connectivity index is 1.65. The van der Waals surface area contributed by atoms with Crippen LogP contribution in [0.5, 0.6) is 0 Å². The highest BCUT2D eigenvalue weighted by molar-refractivity contribution is 5.80. The molecule has 7 nitrogen and oxygen atoms in total. The predicted octanol–water partition coefficient (Wildman–Crippen LogP) is 3.87. The Kier molecular flexibility index (Phi) is 6.44. The van der Waals surface area contributed by atoms with Gasteiger partial charge in [-0.1, -0.05) is 6.92 Å². The molecule has 0 N–H and O–H groups in total. The molecule has 1 aromatic heterocycles. The van der Waals surface area contributed by atoms with Gasteiger partial charge in [0, 0.05) is 38.5 Å². The third-order valence-electron chi connectivity index (χ3n) is 4.70. The molecule has 154 valence electrons. The zero-order chi connectivity index (χ0) is 20.1. The molecule has 1 saturated heterocycles. The fraction of sp³-hybridized carbons (Fsp3) is 0.619. The van der Waals surface area contributed by atoms with E-state index in [9.17, 15) is 4.79 Å². The molecule has 1 fully saturated rings. The molecule has 1 aliphatic heterocycles. The van der Waals surface area contributed by atoms with Crippen LogP contribution >= 0.6 is 0 Å². The fourth-order valence-electron chi connectivity index (χ4n) is 3.34. The molecule has 0 spiro atoms. The second-order valence-electron chi connectivity index (χ2n) is 8.23. The summed E-state index contributed by atoms with van der Waals surface area (Å²) in [7, 11) is 0. The number of amides is 1. The highest BCUT2D eigenvalue weighted by Gasteiger charge is 2.24. The molecule has 0 saturated carbocycles. The van der Waals surface area contributed by atoms with Gasteiger partial charge in [0.1, 0.15) is 12.3 Å². The number of carbonyl (C=O) groups excluding carboxylic acids is 1. The summed E-state index contributed by atoms with van der Waals surface area (Å²) in [4.78, 5) is 21.0. The van der Waals surface area contributed by atoms with Crippen LogP contribution in [0.1, 0.15) is 40.5 Å². The van der Waals surface area contributed by atoms with Gasteiger partial charge in [0.25, 0.3) is 0 Å². The monoisotopic (exact) mass is 388 g/mol. The second-order valence-corrected chi connectivity index (χ2v) is 8.23. The summed E-state index contributed by atoms with van der Waals surface area (Å²) in [5.74, 6) is 0. The van der Waals surface area contributed by atoms with Crippen LogP contribution < -0.4 is 4.90 Å². The number of anilines is 1. The van der Waals surface area contributed by atoms with E-state index < -0.39 is 5.60 Å². The number of hydrogen-bond acceptors (Lipinski definition) is 5. The number of carbonyl (C=O) groups is 1. The Morgan fingerprint density at radius 1 is 1.18 bits per heavy atom. The summed E-state index contributed by atoms with van der Waals surface area (Å²) >= 11 is 0. The number of rotatable bonds is 5. The minimum absolute atomic E-state index is 0.226. The Morgan fingerprint density at radius 2 is 2.00 bits per heavy atom. The van der Waals surface area contributed by atoms with Crippen molar-refractivity contribution in [2.75, 3.05) is 37.7 Å². The van der Waals surface area contributed by atoms with Crippen LogP contribution in [0, 0.1) is 0 Å². The van der Waals surface area contributed by atoms with Gasteiger partial charge in [-0.15, -0.1) is 0 Å². The summed E-state index contributed by atoms with van der Waals surface area (Å²) in [5.41, 5.74) is 2.71. The SMILES string of the molecule is CCCOCn1cnc2cc(N3CCCN(C(=O)OC(C)(C)C)CC3)ccc21. The maximum Gasteiger partial charge on any atom is 0.410 e. The summed E-state index contributed by atoms with van der Waals surface area (Å²) in [6.07, 6.45) is 3.52. The average Bonchev–Trinajstić information content (AvgIpc) is 2.87. The van der Waals surface area contributed by atoms with E-state index in [1.807, 2.05) is 36.6 Å². The third-order valence-corrected chi connectivity index (χ3v) is 4.70. The average molecular weight is 389 g/mol. The van der Waals surface area contributed by atoms with Gasteiger partial charge in [-0.05, 0) is 51.8 Å². The number of ether oxygens (including phenoxy) is 2. The summed E-state index contributed by atoms with van der Waals surface area (Å²) in [6.45, 7) is 12.1. The van der Waals surface area contributed by atoms with Crippen molar-refractivity contribution in [1.82, 2.24) is 14.5 Å². The Bertz CT molecular complexity index is 797. The van der Waals surface area contributed by atoms with E-state index in [4.69, 9.17) is 9.47 Å². The molecule has 7 heteroatoms. The summed E-state index contributed by atoms with van der Waals surface area (Å²) in [6, 6.07) is 6.35. The number of imidazole rings is 1. The van der Waals surface area contributed by atoms with Gasteiger partial charge in [-0.25, -0.2) is 9.78 Å². The zero-order valence-electron chi connectivity index (χ0n) is 17.5. The first kappa shape index (κ1) is 20.5. The van der Waals surface area contributed by atoms with Gasteiger partial charge in [0.15, 0.2) is 0 Å². The van der Waals surface area contributed by atoms with Crippen LogP contribution in [0.3, 0.4) is 0 Å². The normalized spacial score (nSPS) is 15.7. The van der Waals surface area contributed by atoms with Crippen molar-refractivity contribution in [2.24, 2.45) is 0 Å². The molecule has 0 aliphatic carbocycles. The number of benzene rings is 1. The van der Waals surface area contributed by atoms with E-state index in [1.165, 1.54) is 0 Å². The predicted molar refractivity (Wildman–Crippen MR) is 111 cm³/mol. The van der Waals surface area contributed by atoms with E-state index in [0.29, 0.717) is 13.3 Å². The minimum atomic E-state index is -0.465. The van der Waals surface area contributed by atoms with Gasteiger partial charge in [0.05, 0.1) is 17.4 Å². The molecule has 1 amide bonds. The van der Waals surface area contributed by atoms with E-state index >= 15 is 0 Å². The smallest absolute Gasteiger partial charge is 0.410 e. The molecular weight excluding hydrogens is 356 g/mol.